The Morgan fingerprint density at radius 1 is 0.444 bits per heavy atom. The zero-order chi connectivity index (χ0) is 59.3. The van der Waals surface area contributed by atoms with Crippen LogP contribution in [-0.4, -0.2) is 74.3 Å². The van der Waals surface area contributed by atoms with E-state index in [2.05, 4.69) is 160 Å². The number of esters is 1. The van der Waals surface area contributed by atoms with Crippen molar-refractivity contribution in [2.75, 3.05) is 40.9 Å². The highest BCUT2D eigenvalue weighted by Crippen LogP contribution is 2.43. The molecule has 10 heteroatoms. The van der Waals surface area contributed by atoms with Crippen LogP contribution < -0.4 is 5.32 Å². The van der Waals surface area contributed by atoms with Crippen molar-refractivity contribution in [1.29, 1.82) is 0 Å². The van der Waals surface area contributed by atoms with Gasteiger partial charge in [-0.25, -0.2) is 4.57 Å². The Hall–Kier alpha value is -4.11. The molecule has 3 unspecified atom stereocenters. The van der Waals surface area contributed by atoms with Gasteiger partial charge in [-0.3, -0.25) is 18.6 Å². The van der Waals surface area contributed by atoms with Crippen molar-refractivity contribution < 1.29 is 37.3 Å². The molecule has 0 aromatic heterocycles. The average Bonchev–Trinajstić information content (AvgIpc) is 3.44. The molecule has 9 nitrogen and oxygen atoms in total. The van der Waals surface area contributed by atoms with E-state index in [0.29, 0.717) is 23.9 Å². The first-order valence-corrected chi connectivity index (χ1v) is 33.7. The van der Waals surface area contributed by atoms with Crippen LogP contribution in [0.15, 0.2) is 146 Å². The minimum Gasteiger partial charge on any atom is -0.456 e. The van der Waals surface area contributed by atoms with Gasteiger partial charge in [-0.15, -0.1) is 0 Å². The van der Waals surface area contributed by atoms with Gasteiger partial charge in [0, 0.05) is 12.8 Å². The van der Waals surface area contributed by atoms with E-state index >= 15 is 0 Å². The fourth-order valence-electron chi connectivity index (χ4n) is 8.39. The molecule has 0 aliphatic rings. The van der Waals surface area contributed by atoms with E-state index in [4.69, 9.17) is 13.8 Å². The number of nitrogens with one attached hydrogen (secondary N) is 1. The quantitative estimate of drug-likeness (QED) is 0.0205. The van der Waals surface area contributed by atoms with Crippen molar-refractivity contribution >= 4 is 19.7 Å². The number of phosphoric acid groups is 1. The largest absolute Gasteiger partial charge is 0.472 e. The van der Waals surface area contributed by atoms with Crippen LogP contribution in [0.5, 0.6) is 0 Å². The summed E-state index contributed by atoms with van der Waals surface area (Å²) < 4.78 is 30.6. The molecule has 0 aliphatic carbocycles. The zero-order valence-electron chi connectivity index (χ0n) is 52.5. The lowest BCUT2D eigenvalue weighted by Gasteiger charge is -2.27. The Morgan fingerprint density at radius 3 is 1.21 bits per heavy atom. The number of carbonyl (C=O) groups excluding carboxylic acids is 2. The third kappa shape index (κ3) is 60.3. The highest BCUT2D eigenvalue weighted by atomic mass is 31.2. The van der Waals surface area contributed by atoms with E-state index in [-0.39, 0.29) is 37.9 Å². The molecule has 3 atom stereocenters. The summed E-state index contributed by atoms with van der Waals surface area (Å²) in [4.78, 5) is 37.7. The minimum atomic E-state index is -4.48. The molecule has 0 radical (unpaired) electrons. The van der Waals surface area contributed by atoms with E-state index in [9.17, 15) is 19.0 Å². The number of unbranched alkanes of at least 4 members (excludes halogenated alkanes) is 18. The fraction of sp³-hybridized carbons (Fsp3) is 0.634. The van der Waals surface area contributed by atoms with Crippen LogP contribution >= 0.6 is 7.82 Å². The lowest BCUT2D eigenvalue weighted by atomic mass is 10.1. The molecular weight excluding hydrogens is 1020 g/mol. The second kappa shape index (κ2) is 59.1. The van der Waals surface area contributed by atoms with Crippen LogP contribution in [0.25, 0.3) is 0 Å². The molecule has 0 aromatic carbocycles. The summed E-state index contributed by atoms with van der Waals surface area (Å²) in [6, 6.07) is -0.892. The number of amides is 1. The van der Waals surface area contributed by atoms with Crippen LogP contribution in [0.1, 0.15) is 239 Å². The number of phosphoric ester groups is 1. The Bertz CT molecular complexity index is 1890. The van der Waals surface area contributed by atoms with Crippen LogP contribution in [0.2, 0.25) is 0 Å². The third-order valence-electron chi connectivity index (χ3n) is 13.3. The molecule has 0 aliphatic heterocycles. The zero-order valence-corrected chi connectivity index (χ0v) is 53.4. The fourth-order valence-corrected chi connectivity index (χ4v) is 9.13. The van der Waals surface area contributed by atoms with Crippen molar-refractivity contribution in [3.8, 4) is 0 Å². The minimum absolute atomic E-state index is 0.0201. The van der Waals surface area contributed by atoms with Gasteiger partial charge in [-0.2, -0.15) is 0 Å². The number of carbonyl (C=O) groups is 2. The standard InChI is InChI=1S/C71H119N2O7P/c1-7-10-13-16-19-22-25-27-29-31-32-33-34-35-36-37-38-39-40-42-44-46-49-52-55-58-61-64-71(75)80-69(62-59-56-53-50-47-24-21-18-15-12-9-3)68(67-79-81(76,77)78-66-65-73(4,5)6)72-70(74)63-60-57-54-51-48-45-43-41-30-28-26-23-20-17-14-11-8-2/h10-11,13-14,19-20,22-23,27-30,32-33,35-36,38-39,43,45,51,54,59,62,68-69H,7-9,12,15-18,21,24-26,31,34,37,40-42,44,46-50,52-53,55-58,60-61,63-67H2,1-6H3,(H-,72,74,76,77)/p+1/b13-10-,14-11-,22-19-,23-20-,29-27-,30-28-,33-32-,36-35-,39-38-,45-43-,54-51-,62-59-. The van der Waals surface area contributed by atoms with Gasteiger partial charge in [0.1, 0.15) is 19.3 Å². The van der Waals surface area contributed by atoms with Crippen LogP contribution in [0, 0.1) is 0 Å². The normalized spacial score (nSPS) is 14.6. The number of nitrogens with zero attached hydrogens (tertiary/aromatic N) is 1. The molecule has 0 aromatic rings. The topological polar surface area (TPSA) is 111 Å². The first kappa shape index (κ1) is 76.9. The second-order valence-electron chi connectivity index (χ2n) is 22.2. The predicted octanol–water partition coefficient (Wildman–Crippen LogP) is 20.2. The molecule has 0 saturated heterocycles. The van der Waals surface area contributed by atoms with Gasteiger partial charge in [0.25, 0.3) is 0 Å². The molecular formula is C71H120N2O7P+. The van der Waals surface area contributed by atoms with Crippen molar-refractivity contribution in [2.45, 2.75) is 251 Å². The maximum Gasteiger partial charge on any atom is 0.472 e. The average molecular weight is 1140 g/mol. The molecule has 0 bridgehead atoms. The van der Waals surface area contributed by atoms with Gasteiger partial charge in [0.2, 0.25) is 5.91 Å². The van der Waals surface area contributed by atoms with Crippen molar-refractivity contribution in [3.63, 3.8) is 0 Å². The number of hydrogen-bond donors (Lipinski definition) is 2. The summed E-state index contributed by atoms with van der Waals surface area (Å²) in [5.74, 6) is -0.595. The van der Waals surface area contributed by atoms with Gasteiger partial charge in [0.15, 0.2) is 0 Å². The Labute approximate surface area is 498 Å². The monoisotopic (exact) mass is 1140 g/mol. The Kier molecular flexibility index (Phi) is 56.1. The summed E-state index contributed by atoms with van der Waals surface area (Å²) in [6.07, 6.45) is 85.8. The van der Waals surface area contributed by atoms with Gasteiger partial charge in [-0.05, 0) is 122 Å². The molecule has 81 heavy (non-hydrogen) atoms. The van der Waals surface area contributed by atoms with Crippen LogP contribution in [0.3, 0.4) is 0 Å². The van der Waals surface area contributed by atoms with E-state index in [1.54, 1.807) is 0 Å². The number of likely N-dealkylation sites (N-methyl/N-ethyl adjacent to an activating group) is 1. The highest BCUT2D eigenvalue weighted by Gasteiger charge is 2.30. The van der Waals surface area contributed by atoms with E-state index < -0.39 is 20.0 Å². The van der Waals surface area contributed by atoms with E-state index in [1.165, 1.54) is 70.6 Å². The third-order valence-corrected chi connectivity index (χ3v) is 14.3. The van der Waals surface area contributed by atoms with Crippen molar-refractivity contribution in [1.82, 2.24) is 5.32 Å². The Balaban J connectivity index is 5.21. The number of hydrogen-bond acceptors (Lipinski definition) is 6. The molecule has 460 valence electrons. The molecule has 0 rings (SSSR count). The van der Waals surface area contributed by atoms with E-state index in [1.807, 2.05) is 33.3 Å². The van der Waals surface area contributed by atoms with Crippen LogP contribution in [-0.2, 0) is 27.9 Å². The lowest BCUT2D eigenvalue weighted by molar-refractivity contribution is -0.870. The second-order valence-corrected chi connectivity index (χ2v) is 23.6. The van der Waals surface area contributed by atoms with E-state index in [0.717, 1.165) is 122 Å². The van der Waals surface area contributed by atoms with Gasteiger partial charge >= 0.3 is 13.8 Å². The van der Waals surface area contributed by atoms with Crippen LogP contribution in [0.4, 0.5) is 0 Å². The van der Waals surface area contributed by atoms with Crippen molar-refractivity contribution in [3.05, 3.63) is 146 Å². The first-order chi connectivity index (χ1) is 39.4. The molecule has 0 spiro atoms. The maximum atomic E-state index is 13.5. The smallest absolute Gasteiger partial charge is 0.456 e. The first-order valence-electron chi connectivity index (χ1n) is 32.2. The summed E-state index contributed by atoms with van der Waals surface area (Å²) in [5, 5.41) is 3.01. The lowest BCUT2D eigenvalue weighted by Crippen LogP contribution is -2.47. The Morgan fingerprint density at radius 2 is 0.802 bits per heavy atom. The number of ether oxygens (including phenoxy) is 1. The predicted molar refractivity (Wildman–Crippen MR) is 350 cm³/mol. The number of rotatable bonds is 56. The number of quaternary nitrogens is 1. The maximum absolute atomic E-state index is 13.5. The van der Waals surface area contributed by atoms with Crippen molar-refractivity contribution in [2.24, 2.45) is 0 Å². The summed E-state index contributed by atoms with van der Waals surface area (Å²) in [5.41, 5.74) is 0. The SMILES string of the molecule is CC/C=C\C/C=C\C/C=C\C/C=C\C/C=C\C/C=C\CCCCCCCCCCC(=O)OC(/C=C\CCCCCCCCCCC)C(COP(=O)(O)OCC[N+](C)(C)C)NC(=O)CCC/C=C\C/C=C\C/C=C\C/C=C\C/C=C\CC. The molecule has 0 fully saturated rings. The van der Waals surface area contributed by atoms with Gasteiger partial charge in [0.05, 0.1) is 33.8 Å². The molecule has 0 saturated carbocycles. The van der Waals surface area contributed by atoms with Gasteiger partial charge in [-0.1, -0.05) is 250 Å². The molecule has 1 amide bonds. The summed E-state index contributed by atoms with van der Waals surface area (Å²) >= 11 is 0. The number of allylic oxidation sites excluding steroid dienone is 23. The molecule has 0 heterocycles. The summed E-state index contributed by atoms with van der Waals surface area (Å²) in [7, 11) is 1.43. The van der Waals surface area contributed by atoms with Gasteiger partial charge < -0.3 is 19.4 Å². The highest BCUT2D eigenvalue weighted by molar-refractivity contribution is 7.47. The molecule has 2 N–H and O–H groups in total. The summed E-state index contributed by atoms with van der Waals surface area (Å²) in [6.45, 7) is 6.71.